The maximum Gasteiger partial charge on any atom is 0.387 e. The zero-order valence-electron chi connectivity index (χ0n) is 16.2. The zero-order chi connectivity index (χ0) is 20.6. The van der Waals surface area contributed by atoms with Crippen LogP contribution < -0.4 is 20.1 Å². The molecule has 0 saturated carbocycles. The maximum atomic E-state index is 12.9. The molecule has 3 aromatic rings. The summed E-state index contributed by atoms with van der Waals surface area (Å²) in [7, 11) is 0. The summed E-state index contributed by atoms with van der Waals surface area (Å²) in [5.41, 5.74) is 1.39. The van der Waals surface area contributed by atoms with E-state index in [0.717, 1.165) is 10.7 Å². The summed E-state index contributed by atoms with van der Waals surface area (Å²) in [6, 6.07) is 5.02. The molecular formula is C19H23F2N5O2S. The first-order valence-electron chi connectivity index (χ1n) is 9.23. The first-order chi connectivity index (χ1) is 14.1. The van der Waals surface area contributed by atoms with E-state index in [4.69, 9.17) is 9.47 Å². The number of fused-ring (bicyclic) bond motifs is 1. The lowest BCUT2D eigenvalue weighted by Crippen LogP contribution is -2.36. The molecule has 0 fully saturated rings. The Morgan fingerprint density at radius 2 is 2.17 bits per heavy atom. The molecule has 0 atom stereocenters. The second-order valence-electron chi connectivity index (χ2n) is 5.93. The van der Waals surface area contributed by atoms with Crippen molar-refractivity contribution in [3.8, 4) is 11.5 Å². The fourth-order valence-electron chi connectivity index (χ4n) is 2.72. The van der Waals surface area contributed by atoms with Gasteiger partial charge in [0.25, 0.3) is 0 Å². The van der Waals surface area contributed by atoms with Gasteiger partial charge in [0.15, 0.2) is 22.4 Å². The van der Waals surface area contributed by atoms with Gasteiger partial charge in [-0.15, -0.1) is 11.3 Å². The van der Waals surface area contributed by atoms with Crippen LogP contribution in [-0.2, 0) is 13.1 Å². The lowest BCUT2D eigenvalue weighted by molar-refractivity contribution is -0.0520. The van der Waals surface area contributed by atoms with E-state index >= 15 is 0 Å². The van der Waals surface area contributed by atoms with Crippen LogP contribution in [0, 0.1) is 0 Å². The molecule has 2 N–H and O–H groups in total. The highest BCUT2D eigenvalue weighted by Gasteiger charge is 2.15. The third-order valence-electron chi connectivity index (χ3n) is 3.90. The van der Waals surface area contributed by atoms with Gasteiger partial charge in [-0.25, -0.2) is 9.98 Å². The van der Waals surface area contributed by atoms with Crippen molar-refractivity contribution < 1.29 is 18.3 Å². The molecule has 2 aromatic heterocycles. The van der Waals surface area contributed by atoms with E-state index in [1.165, 1.54) is 0 Å². The van der Waals surface area contributed by atoms with E-state index in [1.54, 1.807) is 36.5 Å². The first kappa shape index (κ1) is 20.8. The van der Waals surface area contributed by atoms with E-state index in [2.05, 4.69) is 20.6 Å². The number of hydrogen-bond acceptors (Lipinski definition) is 5. The normalized spacial score (nSPS) is 11.8. The predicted octanol–water partition coefficient (Wildman–Crippen LogP) is 3.65. The zero-order valence-corrected chi connectivity index (χ0v) is 17.0. The van der Waals surface area contributed by atoms with Gasteiger partial charge in [-0.2, -0.15) is 8.78 Å². The van der Waals surface area contributed by atoms with Crippen LogP contribution in [0.2, 0.25) is 0 Å². The molecular weight excluding hydrogens is 400 g/mol. The Labute approximate surface area is 171 Å². The number of hydrogen-bond donors (Lipinski definition) is 2. The molecule has 0 radical (unpaired) electrons. The third kappa shape index (κ3) is 5.57. The number of benzene rings is 1. The molecule has 0 amide bonds. The number of nitrogens with one attached hydrogen (secondary N) is 2. The Kier molecular flexibility index (Phi) is 7.23. The molecule has 0 aliphatic rings. The molecule has 7 nitrogen and oxygen atoms in total. The molecule has 10 heteroatoms. The number of ether oxygens (including phenoxy) is 2. The first-order valence-corrected chi connectivity index (χ1v) is 10.1. The highest BCUT2D eigenvalue weighted by Crippen LogP contribution is 2.33. The Balaban J connectivity index is 1.73. The summed E-state index contributed by atoms with van der Waals surface area (Å²) in [6.45, 7) is 2.42. The van der Waals surface area contributed by atoms with Gasteiger partial charge in [-0.1, -0.05) is 12.1 Å². The molecule has 0 saturated heterocycles. The van der Waals surface area contributed by atoms with Crippen molar-refractivity contribution in [2.45, 2.75) is 33.5 Å². The van der Waals surface area contributed by atoms with E-state index < -0.39 is 6.61 Å². The topological polar surface area (TPSA) is 72.2 Å². The van der Waals surface area contributed by atoms with E-state index in [0.29, 0.717) is 31.2 Å². The summed E-state index contributed by atoms with van der Waals surface area (Å²) >= 11 is 1.56. The number of guanidine groups is 1. The Morgan fingerprint density at radius 3 is 2.90 bits per heavy atom. The molecule has 0 aliphatic carbocycles. The van der Waals surface area contributed by atoms with E-state index in [-0.39, 0.29) is 18.0 Å². The van der Waals surface area contributed by atoms with Crippen LogP contribution in [-0.4, -0.2) is 35.1 Å². The minimum absolute atomic E-state index is 0.0123. The SMILES string of the molecule is CCNC(=NCc1cccc(OCC)c1OC(F)F)NCc1cn2ccsc2n1. The van der Waals surface area contributed by atoms with Gasteiger partial charge in [-0.05, 0) is 19.9 Å². The smallest absolute Gasteiger partial charge is 0.387 e. The average Bonchev–Trinajstić information content (AvgIpc) is 3.27. The highest BCUT2D eigenvalue weighted by molar-refractivity contribution is 7.15. The van der Waals surface area contributed by atoms with Crippen LogP contribution in [0.3, 0.4) is 0 Å². The van der Waals surface area contributed by atoms with Gasteiger partial charge in [0, 0.05) is 29.9 Å². The highest BCUT2D eigenvalue weighted by atomic mass is 32.1. The number of thiazole rings is 1. The number of nitrogens with zero attached hydrogens (tertiary/aromatic N) is 3. The summed E-state index contributed by atoms with van der Waals surface area (Å²) in [5.74, 6) is 0.837. The van der Waals surface area contributed by atoms with Crippen molar-refractivity contribution in [1.29, 1.82) is 0 Å². The minimum Gasteiger partial charge on any atom is -0.490 e. The van der Waals surface area contributed by atoms with Crippen molar-refractivity contribution in [2.24, 2.45) is 4.99 Å². The lowest BCUT2D eigenvalue weighted by Gasteiger charge is -2.15. The van der Waals surface area contributed by atoms with Crippen LogP contribution in [0.25, 0.3) is 4.96 Å². The van der Waals surface area contributed by atoms with Crippen LogP contribution in [0.15, 0.2) is 41.0 Å². The fraction of sp³-hybridized carbons (Fsp3) is 0.368. The average molecular weight is 423 g/mol. The van der Waals surface area contributed by atoms with Gasteiger partial charge < -0.3 is 20.1 Å². The van der Waals surface area contributed by atoms with Crippen LogP contribution >= 0.6 is 11.3 Å². The largest absolute Gasteiger partial charge is 0.490 e. The quantitative estimate of drug-likeness (QED) is 0.406. The van der Waals surface area contributed by atoms with Gasteiger partial charge in [0.1, 0.15) is 0 Å². The van der Waals surface area contributed by atoms with Crippen molar-refractivity contribution >= 4 is 22.3 Å². The Hall–Kier alpha value is -2.88. The minimum atomic E-state index is -2.94. The number of aromatic nitrogens is 2. The molecule has 156 valence electrons. The molecule has 3 rings (SSSR count). The van der Waals surface area contributed by atoms with Crippen molar-refractivity contribution in [3.05, 3.63) is 47.2 Å². The molecule has 0 unspecified atom stereocenters. The second-order valence-corrected chi connectivity index (χ2v) is 6.80. The summed E-state index contributed by atoms with van der Waals surface area (Å²) < 4.78 is 37.8. The number of aliphatic imine (C=N–C) groups is 1. The van der Waals surface area contributed by atoms with Crippen LogP contribution in [0.4, 0.5) is 8.78 Å². The molecule has 0 bridgehead atoms. The number of rotatable bonds is 9. The number of imidazole rings is 1. The lowest BCUT2D eigenvalue weighted by atomic mass is 10.2. The number of para-hydroxylation sites is 1. The number of alkyl halides is 2. The molecule has 0 aliphatic heterocycles. The molecule has 2 heterocycles. The van der Waals surface area contributed by atoms with Crippen LogP contribution in [0.5, 0.6) is 11.5 Å². The van der Waals surface area contributed by atoms with Crippen LogP contribution in [0.1, 0.15) is 25.1 Å². The Morgan fingerprint density at radius 1 is 1.31 bits per heavy atom. The second kappa shape index (κ2) is 10.1. The van der Waals surface area contributed by atoms with Gasteiger partial charge in [0.05, 0.1) is 25.4 Å². The predicted molar refractivity (Wildman–Crippen MR) is 109 cm³/mol. The molecule has 29 heavy (non-hydrogen) atoms. The van der Waals surface area contributed by atoms with E-state index in [1.807, 2.05) is 29.1 Å². The van der Waals surface area contributed by atoms with Gasteiger partial charge in [0.2, 0.25) is 0 Å². The summed E-state index contributed by atoms with van der Waals surface area (Å²) in [4.78, 5) is 9.93. The monoisotopic (exact) mass is 423 g/mol. The molecule has 1 aromatic carbocycles. The van der Waals surface area contributed by atoms with Gasteiger partial charge >= 0.3 is 6.61 Å². The summed E-state index contributed by atoms with van der Waals surface area (Å²) in [6.07, 6.45) is 3.90. The van der Waals surface area contributed by atoms with Gasteiger partial charge in [-0.3, -0.25) is 4.40 Å². The maximum absolute atomic E-state index is 12.9. The third-order valence-corrected chi connectivity index (χ3v) is 4.67. The van der Waals surface area contributed by atoms with E-state index in [9.17, 15) is 8.78 Å². The number of halogens is 2. The molecule has 0 spiro atoms. The Bertz CT molecular complexity index is 929. The standard InChI is InChI=1S/C19H23F2N5O2S/c1-3-22-18(24-11-14-12-26-8-9-29-19(26)25-14)23-10-13-6-5-7-15(27-4-2)16(13)28-17(20)21/h5-9,12,17H,3-4,10-11H2,1-2H3,(H2,22,23,24). The summed E-state index contributed by atoms with van der Waals surface area (Å²) in [5, 5.41) is 8.32. The fourth-order valence-corrected chi connectivity index (χ4v) is 3.44. The van der Waals surface area contributed by atoms with Crippen molar-refractivity contribution in [3.63, 3.8) is 0 Å². The van der Waals surface area contributed by atoms with Crippen molar-refractivity contribution in [2.75, 3.05) is 13.2 Å². The van der Waals surface area contributed by atoms with Crippen molar-refractivity contribution in [1.82, 2.24) is 20.0 Å².